The molecule has 0 bridgehead atoms. The Kier molecular flexibility index (Phi) is 3.77. The van der Waals surface area contributed by atoms with Crippen LogP contribution in [0.1, 0.15) is 35.7 Å². The van der Waals surface area contributed by atoms with E-state index in [2.05, 4.69) is 5.32 Å². The maximum absolute atomic E-state index is 12.9. The molecule has 1 atom stereocenters. The summed E-state index contributed by atoms with van der Waals surface area (Å²) in [4.78, 5) is 12.2. The number of alkyl halides is 3. The van der Waals surface area contributed by atoms with Gasteiger partial charge in [-0.2, -0.15) is 13.2 Å². The molecule has 1 amide bonds. The van der Waals surface area contributed by atoms with Gasteiger partial charge in [0.05, 0.1) is 16.7 Å². The Morgan fingerprint density at radius 1 is 1.35 bits per heavy atom. The molecule has 3 N–H and O–H groups in total. The van der Waals surface area contributed by atoms with E-state index in [0.29, 0.717) is 0 Å². The minimum Gasteiger partial charge on any atom is -0.345 e. The van der Waals surface area contributed by atoms with Crippen molar-refractivity contribution in [1.29, 1.82) is 0 Å². The molecule has 0 saturated heterocycles. The number of amides is 1. The van der Waals surface area contributed by atoms with Gasteiger partial charge in [0, 0.05) is 6.54 Å². The highest BCUT2D eigenvalue weighted by Crippen LogP contribution is 2.39. The van der Waals surface area contributed by atoms with Crippen molar-refractivity contribution in [3.8, 4) is 0 Å². The summed E-state index contributed by atoms with van der Waals surface area (Å²) < 4.78 is 38.7. The molecule has 1 fully saturated rings. The first-order chi connectivity index (χ1) is 9.28. The summed E-state index contributed by atoms with van der Waals surface area (Å²) in [7, 11) is 0. The van der Waals surface area contributed by atoms with Gasteiger partial charge in [-0.15, -0.1) is 0 Å². The lowest BCUT2D eigenvalue weighted by molar-refractivity contribution is -0.137. The van der Waals surface area contributed by atoms with Crippen molar-refractivity contribution in [2.45, 2.75) is 31.5 Å². The highest BCUT2D eigenvalue weighted by molar-refractivity contribution is 5.96. The number of rotatable bonds is 4. The summed E-state index contributed by atoms with van der Waals surface area (Å²) in [6, 6.07) is 4.78. The zero-order valence-electron chi connectivity index (χ0n) is 11.1. The third kappa shape index (κ3) is 2.95. The average molecular weight is 286 g/mol. The zero-order valence-corrected chi connectivity index (χ0v) is 11.1. The third-order valence-electron chi connectivity index (χ3n) is 3.78. The van der Waals surface area contributed by atoms with Crippen LogP contribution in [0.5, 0.6) is 0 Å². The molecule has 1 aliphatic rings. The van der Waals surface area contributed by atoms with E-state index in [1.807, 2.05) is 0 Å². The fourth-order valence-corrected chi connectivity index (χ4v) is 2.30. The molecule has 1 unspecified atom stereocenters. The molecule has 1 aromatic carbocycles. The summed E-state index contributed by atoms with van der Waals surface area (Å²) in [5, 5.41) is 2.67. The number of halogens is 3. The molecule has 0 radical (unpaired) electrons. The van der Waals surface area contributed by atoms with Crippen LogP contribution >= 0.6 is 0 Å². The fourth-order valence-electron chi connectivity index (χ4n) is 2.30. The summed E-state index contributed by atoms with van der Waals surface area (Å²) in [5.74, 6) is -0.479. The van der Waals surface area contributed by atoms with Gasteiger partial charge < -0.3 is 11.1 Å². The Morgan fingerprint density at radius 2 is 1.95 bits per heavy atom. The highest BCUT2D eigenvalue weighted by Gasteiger charge is 2.43. The van der Waals surface area contributed by atoms with Crippen molar-refractivity contribution in [2.75, 3.05) is 6.54 Å². The maximum Gasteiger partial charge on any atom is 0.417 e. The summed E-state index contributed by atoms with van der Waals surface area (Å²) in [6.45, 7) is 1.98. The lowest BCUT2D eigenvalue weighted by Crippen LogP contribution is -2.53. The quantitative estimate of drug-likeness (QED) is 0.893. The second kappa shape index (κ2) is 5.09. The lowest BCUT2D eigenvalue weighted by Gasteiger charge is -2.30. The van der Waals surface area contributed by atoms with Gasteiger partial charge in [0.2, 0.25) is 0 Å². The van der Waals surface area contributed by atoms with Crippen LogP contribution in [-0.2, 0) is 6.18 Å². The van der Waals surface area contributed by atoms with E-state index >= 15 is 0 Å². The van der Waals surface area contributed by atoms with Crippen LogP contribution in [0.2, 0.25) is 0 Å². The summed E-state index contributed by atoms with van der Waals surface area (Å²) in [5.41, 5.74) is 3.73. The van der Waals surface area contributed by atoms with Crippen molar-refractivity contribution in [3.63, 3.8) is 0 Å². The predicted octanol–water partition coefficient (Wildman–Crippen LogP) is 2.56. The SMILES string of the molecule is CC(CN)(NC(=O)c1ccccc1C(F)(F)F)C1CC1. The first-order valence-electron chi connectivity index (χ1n) is 6.47. The molecule has 0 spiro atoms. The van der Waals surface area contributed by atoms with Gasteiger partial charge in [-0.1, -0.05) is 12.1 Å². The molecular weight excluding hydrogens is 269 g/mol. The number of hydrogen-bond donors (Lipinski definition) is 2. The van der Waals surface area contributed by atoms with Crippen LogP contribution in [-0.4, -0.2) is 18.0 Å². The van der Waals surface area contributed by atoms with Gasteiger partial charge in [0.1, 0.15) is 0 Å². The number of hydrogen-bond acceptors (Lipinski definition) is 2. The molecule has 2 rings (SSSR count). The van der Waals surface area contributed by atoms with Crippen LogP contribution in [0.25, 0.3) is 0 Å². The minimum absolute atomic E-state index is 0.206. The second-order valence-electron chi connectivity index (χ2n) is 5.39. The predicted molar refractivity (Wildman–Crippen MR) is 69.1 cm³/mol. The number of nitrogens with one attached hydrogen (secondary N) is 1. The summed E-state index contributed by atoms with van der Waals surface area (Å²) >= 11 is 0. The molecule has 0 aliphatic heterocycles. The van der Waals surface area contributed by atoms with Crippen LogP contribution in [0.3, 0.4) is 0 Å². The molecule has 0 aromatic heterocycles. The summed E-state index contributed by atoms with van der Waals surface area (Å²) in [6.07, 6.45) is -2.67. The first kappa shape index (κ1) is 14.8. The topological polar surface area (TPSA) is 55.1 Å². The fraction of sp³-hybridized carbons (Fsp3) is 0.500. The lowest BCUT2D eigenvalue weighted by atomic mass is 9.95. The average Bonchev–Trinajstić information content (AvgIpc) is 3.22. The number of benzene rings is 1. The zero-order chi connectivity index (χ0) is 15.0. The molecule has 20 heavy (non-hydrogen) atoms. The normalized spacial score (nSPS) is 18.4. The Balaban J connectivity index is 2.26. The van der Waals surface area contributed by atoms with Crippen LogP contribution < -0.4 is 11.1 Å². The Morgan fingerprint density at radius 3 is 2.45 bits per heavy atom. The van der Waals surface area contributed by atoms with E-state index in [0.717, 1.165) is 18.9 Å². The van der Waals surface area contributed by atoms with E-state index in [-0.39, 0.29) is 18.0 Å². The van der Waals surface area contributed by atoms with Crippen molar-refractivity contribution in [3.05, 3.63) is 35.4 Å². The Hall–Kier alpha value is -1.56. The van der Waals surface area contributed by atoms with E-state index < -0.39 is 23.2 Å². The van der Waals surface area contributed by atoms with E-state index in [9.17, 15) is 18.0 Å². The van der Waals surface area contributed by atoms with Crippen molar-refractivity contribution >= 4 is 5.91 Å². The monoisotopic (exact) mass is 286 g/mol. The van der Waals surface area contributed by atoms with Crippen molar-refractivity contribution in [2.24, 2.45) is 11.7 Å². The van der Waals surface area contributed by atoms with Crippen LogP contribution in [0.15, 0.2) is 24.3 Å². The Bertz CT molecular complexity index is 511. The van der Waals surface area contributed by atoms with Gasteiger partial charge in [0.15, 0.2) is 0 Å². The second-order valence-corrected chi connectivity index (χ2v) is 5.39. The molecule has 1 saturated carbocycles. The van der Waals surface area contributed by atoms with Gasteiger partial charge in [0.25, 0.3) is 5.91 Å². The molecule has 6 heteroatoms. The largest absolute Gasteiger partial charge is 0.417 e. The minimum atomic E-state index is -4.55. The van der Waals surface area contributed by atoms with Gasteiger partial charge in [-0.3, -0.25) is 4.79 Å². The van der Waals surface area contributed by atoms with E-state index in [4.69, 9.17) is 5.73 Å². The van der Waals surface area contributed by atoms with Crippen LogP contribution in [0.4, 0.5) is 13.2 Å². The third-order valence-corrected chi connectivity index (χ3v) is 3.78. The number of carbonyl (C=O) groups excluding carboxylic acids is 1. The van der Waals surface area contributed by atoms with Crippen LogP contribution in [0, 0.1) is 5.92 Å². The van der Waals surface area contributed by atoms with Crippen molar-refractivity contribution < 1.29 is 18.0 Å². The number of carbonyl (C=O) groups is 1. The molecule has 1 aliphatic carbocycles. The Labute approximate surface area is 115 Å². The highest BCUT2D eigenvalue weighted by atomic mass is 19.4. The van der Waals surface area contributed by atoms with Gasteiger partial charge >= 0.3 is 6.18 Å². The first-order valence-corrected chi connectivity index (χ1v) is 6.47. The van der Waals surface area contributed by atoms with Gasteiger partial charge in [-0.05, 0) is 37.8 Å². The molecule has 110 valence electrons. The standard InChI is InChI=1S/C14H17F3N2O/c1-13(8-18,9-6-7-9)19-12(20)10-4-2-3-5-11(10)14(15,16)17/h2-5,9H,6-8,18H2,1H3,(H,19,20). The van der Waals surface area contributed by atoms with E-state index in [1.54, 1.807) is 6.92 Å². The molecule has 3 nitrogen and oxygen atoms in total. The number of nitrogens with two attached hydrogens (primary N) is 1. The van der Waals surface area contributed by atoms with Crippen molar-refractivity contribution in [1.82, 2.24) is 5.32 Å². The molecule has 1 aromatic rings. The maximum atomic E-state index is 12.9. The van der Waals surface area contributed by atoms with Gasteiger partial charge in [-0.25, -0.2) is 0 Å². The molecule has 0 heterocycles. The van der Waals surface area contributed by atoms with E-state index in [1.165, 1.54) is 18.2 Å². The molecular formula is C14H17F3N2O. The smallest absolute Gasteiger partial charge is 0.345 e.